The van der Waals surface area contributed by atoms with E-state index in [1.54, 1.807) is 0 Å². The molecular formula is C14H28N2. The van der Waals surface area contributed by atoms with Gasteiger partial charge in [-0.2, -0.15) is 0 Å². The molecule has 2 unspecified atom stereocenters. The summed E-state index contributed by atoms with van der Waals surface area (Å²) in [5.41, 5.74) is 0. The first-order chi connectivity index (χ1) is 7.83. The van der Waals surface area contributed by atoms with E-state index in [4.69, 9.17) is 0 Å². The summed E-state index contributed by atoms with van der Waals surface area (Å²) in [6.07, 6.45) is 9.99. The maximum absolute atomic E-state index is 3.50. The molecule has 0 amide bonds. The number of likely N-dealkylation sites (N-methyl/N-ethyl adjacent to an activating group) is 1. The van der Waals surface area contributed by atoms with E-state index in [0.29, 0.717) is 0 Å². The maximum Gasteiger partial charge on any atom is 0.0195 e. The van der Waals surface area contributed by atoms with Gasteiger partial charge in [0.15, 0.2) is 0 Å². The summed E-state index contributed by atoms with van der Waals surface area (Å²) in [5, 5.41) is 3.50. The topological polar surface area (TPSA) is 15.3 Å². The summed E-state index contributed by atoms with van der Waals surface area (Å²) in [6, 6.07) is 1.65. The molecule has 2 heteroatoms. The fraction of sp³-hybridized carbons (Fsp3) is 1.00. The smallest absolute Gasteiger partial charge is 0.0195 e. The van der Waals surface area contributed by atoms with Gasteiger partial charge in [0.05, 0.1) is 0 Å². The summed E-state index contributed by atoms with van der Waals surface area (Å²) >= 11 is 0. The van der Waals surface area contributed by atoms with Crippen LogP contribution in [0.1, 0.15) is 51.9 Å². The first-order valence-corrected chi connectivity index (χ1v) is 7.24. The second-order valence-electron chi connectivity index (χ2n) is 5.77. The molecule has 0 spiro atoms. The van der Waals surface area contributed by atoms with Crippen LogP contribution in [0.4, 0.5) is 0 Å². The lowest BCUT2D eigenvalue weighted by atomic mass is 9.89. The largest absolute Gasteiger partial charge is 0.316 e. The predicted molar refractivity (Wildman–Crippen MR) is 69.7 cm³/mol. The standard InChI is InChI=1S/C14H28N2/c1-3-6-12-9-13(15-2)11-16(10-12)14-7-4-5-8-14/h12-15H,3-11H2,1-2H3. The number of likely N-dealkylation sites (tertiary alicyclic amines) is 1. The second kappa shape index (κ2) is 6.02. The molecule has 1 saturated heterocycles. The molecule has 1 aliphatic carbocycles. The molecule has 1 aliphatic heterocycles. The van der Waals surface area contributed by atoms with Gasteiger partial charge >= 0.3 is 0 Å². The summed E-state index contributed by atoms with van der Waals surface area (Å²) in [4.78, 5) is 2.79. The third-order valence-corrected chi connectivity index (χ3v) is 4.51. The Balaban J connectivity index is 1.90. The Hall–Kier alpha value is -0.0800. The molecule has 2 nitrogen and oxygen atoms in total. The molecule has 0 aromatic heterocycles. The Labute approximate surface area is 101 Å². The van der Waals surface area contributed by atoms with Crippen molar-refractivity contribution in [2.75, 3.05) is 20.1 Å². The van der Waals surface area contributed by atoms with Crippen LogP contribution < -0.4 is 5.32 Å². The molecule has 16 heavy (non-hydrogen) atoms. The fourth-order valence-corrected chi connectivity index (χ4v) is 3.63. The van der Waals surface area contributed by atoms with Crippen molar-refractivity contribution in [1.82, 2.24) is 10.2 Å². The van der Waals surface area contributed by atoms with Gasteiger partial charge in [-0.05, 0) is 38.6 Å². The highest BCUT2D eigenvalue weighted by atomic mass is 15.2. The van der Waals surface area contributed by atoms with Crippen molar-refractivity contribution in [3.8, 4) is 0 Å². The lowest BCUT2D eigenvalue weighted by Gasteiger charge is -2.41. The van der Waals surface area contributed by atoms with Crippen LogP contribution in [0, 0.1) is 5.92 Å². The molecule has 1 saturated carbocycles. The Morgan fingerprint density at radius 3 is 2.56 bits per heavy atom. The summed E-state index contributed by atoms with van der Waals surface area (Å²) in [5.74, 6) is 0.941. The highest BCUT2D eigenvalue weighted by Crippen LogP contribution is 2.29. The average Bonchev–Trinajstić information content (AvgIpc) is 2.82. The second-order valence-corrected chi connectivity index (χ2v) is 5.77. The van der Waals surface area contributed by atoms with Crippen molar-refractivity contribution in [1.29, 1.82) is 0 Å². The van der Waals surface area contributed by atoms with Gasteiger partial charge in [-0.3, -0.25) is 4.90 Å². The van der Waals surface area contributed by atoms with Gasteiger partial charge in [0.25, 0.3) is 0 Å². The Morgan fingerprint density at radius 2 is 1.94 bits per heavy atom. The molecule has 2 fully saturated rings. The van der Waals surface area contributed by atoms with E-state index in [0.717, 1.165) is 18.0 Å². The minimum Gasteiger partial charge on any atom is -0.316 e. The van der Waals surface area contributed by atoms with Gasteiger partial charge in [-0.1, -0.05) is 26.2 Å². The van der Waals surface area contributed by atoms with Crippen LogP contribution in [0.15, 0.2) is 0 Å². The molecule has 1 N–H and O–H groups in total. The number of rotatable bonds is 4. The quantitative estimate of drug-likeness (QED) is 0.790. The van der Waals surface area contributed by atoms with E-state index in [-0.39, 0.29) is 0 Å². The van der Waals surface area contributed by atoms with E-state index in [1.165, 1.54) is 58.0 Å². The normalized spacial score (nSPS) is 33.4. The van der Waals surface area contributed by atoms with Crippen LogP contribution in [0.25, 0.3) is 0 Å². The van der Waals surface area contributed by atoms with Crippen molar-refractivity contribution >= 4 is 0 Å². The average molecular weight is 224 g/mol. The first kappa shape index (κ1) is 12.4. The van der Waals surface area contributed by atoms with Gasteiger partial charge < -0.3 is 5.32 Å². The van der Waals surface area contributed by atoms with E-state index in [1.807, 2.05) is 0 Å². The Morgan fingerprint density at radius 1 is 1.19 bits per heavy atom. The van der Waals surface area contributed by atoms with Gasteiger partial charge in [0, 0.05) is 25.2 Å². The number of piperidine rings is 1. The van der Waals surface area contributed by atoms with Crippen LogP contribution in [-0.2, 0) is 0 Å². The zero-order valence-electron chi connectivity index (χ0n) is 11.0. The lowest BCUT2D eigenvalue weighted by molar-refractivity contribution is 0.0976. The molecule has 2 atom stereocenters. The highest BCUT2D eigenvalue weighted by molar-refractivity contribution is 4.88. The summed E-state index contributed by atoms with van der Waals surface area (Å²) in [7, 11) is 2.13. The van der Waals surface area contributed by atoms with Gasteiger partial charge in [0.2, 0.25) is 0 Å². The molecular weight excluding hydrogens is 196 g/mol. The first-order valence-electron chi connectivity index (χ1n) is 7.24. The van der Waals surface area contributed by atoms with Crippen molar-refractivity contribution < 1.29 is 0 Å². The maximum atomic E-state index is 3.50. The van der Waals surface area contributed by atoms with Crippen LogP contribution in [0.5, 0.6) is 0 Å². The van der Waals surface area contributed by atoms with Crippen molar-refractivity contribution in [2.24, 2.45) is 5.92 Å². The van der Waals surface area contributed by atoms with E-state index < -0.39 is 0 Å². The van der Waals surface area contributed by atoms with Crippen LogP contribution >= 0.6 is 0 Å². The Kier molecular flexibility index (Phi) is 4.66. The molecule has 94 valence electrons. The fourth-order valence-electron chi connectivity index (χ4n) is 3.63. The van der Waals surface area contributed by atoms with Crippen LogP contribution in [0.2, 0.25) is 0 Å². The lowest BCUT2D eigenvalue weighted by Crippen LogP contribution is -2.51. The molecule has 1 heterocycles. The number of hydrogen-bond donors (Lipinski definition) is 1. The van der Waals surface area contributed by atoms with E-state index in [9.17, 15) is 0 Å². The van der Waals surface area contributed by atoms with Crippen LogP contribution in [0.3, 0.4) is 0 Å². The third-order valence-electron chi connectivity index (χ3n) is 4.51. The monoisotopic (exact) mass is 224 g/mol. The predicted octanol–water partition coefficient (Wildman–Crippen LogP) is 2.64. The molecule has 0 bridgehead atoms. The SMILES string of the molecule is CCCC1CC(NC)CN(C2CCCC2)C1. The zero-order chi connectivity index (χ0) is 11.4. The zero-order valence-corrected chi connectivity index (χ0v) is 11.0. The number of hydrogen-bond acceptors (Lipinski definition) is 2. The summed E-state index contributed by atoms with van der Waals surface area (Å²) < 4.78 is 0. The van der Waals surface area contributed by atoms with E-state index >= 15 is 0 Å². The minimum absolute atomic E-state index is 0.742. The van der Waals surface area contributed by atoms with Gasteiger partial charge in [-0.25, -0.2) is 0 Å². The third kappa shape index (κ3) is 2.98. The van der Waals surface area contributed by atoms with Crippen molar-refractivity contribution in [2.45, 2.75) is 64.0 Å². The summed E-state index contributed by atoms with van der Waals surface area (Å²) in [6.45, 7) is 4.99. The molecule has 2 aliphatic rings. The highest BCUT2D eigenvalue weighted by Gasteiger charge is 2.31. The molecule has 2 rings (SSSR count). The van der Waals surface area contributed by atoms with Gasteiger partial charge in [-0.15, -0.1) is 0 Å². The van der Waals surface area contributed by atoms with Crippen molar-refractivity contribution in [3.63, 3.8) is 0 Å². The Bertz CT molecular complexity index is 199. The molecule has 0 aromatic carbocycles. The van der Waals surface area contributed by atoms with E-state index in [2.05, 4.69) is 24.2 Å². The number of nitrogens with one attached hydrogen (secondary N) is 1. The number of nitrogens with zero attached hydrogens (tertiary/aromatic N) is 1. The minimum atomic E-state index is 0.742. The van der Waals surface area contributed by atoms with Crippen LogP contribution in [-0.4, -0.2) is 37.1 Å². The molecule has 0 radical (unpaired) electrons. The van der Waals surface area contributed by atoms with Crippen molar-refractivity contribution in [3.05, 3.63) is 0 Å². The van der Waals surface area contributed by atoms with Gasteiger partial charge in [0.1, 0.15) is 0 Å². The molecule has 0 aromatic rings.